The average Bonchev–Trinajstić information content (AvgIpc) is 2.64. The van der Waals surface area contributed by atoms with Crippen LogP contribution in [0.4, 0.5) is 0 Å². The third-order valence-corrected chi connectivity index (χ3v) is 4.28. The lowest BCUT2D eigenvalue weighted by Gasteiger charge is -2.21. The number of unbranched alkanes of at least 4 members (excludes halogenated alkanes) is 1. The first-order valence-corrected chi connectivity index (χ1v) is 9.43. The van der Waals surface area contributed by atoms with Crippen LogP contribution in [0, 0.1) is 5.92 Å². The van der Waals surface area contributed by atoms with Gasteiger partial charge in [-0.15, -0.1) is 0 Å². The predicted octanol–water partition coefficient (Wildman–Crippen LogP) is 4.12. The van der Waals surface area contributed by atoms with Gasteiger partial charge in [-0.2, -0.15) is 0 Å². The molecule has 144 valence electrons. The molecule has 0 aliphatic rings. The van der Waals surface area contributed by atoms with Gasteiger partial charge in [-0.25, -0.2) is 4.99 Å². The van der Waals surface area contributed by atoms with Crippen molar-refractivity contribution in [2.75, 3.05) is 6.61 Å². The molecule has 0 aliphatic carbocycles. The van der Waals surface area contributed by atoms with Gasteiger partial charge in [0.25, 0.3) is 0 Å². The summed E-state index contributed by atoms with van der Waals surface area (Å²) in [5, 5.41) is 9.47. The highest BCUT2D eigenvalue weighted by Crippen LogP contribution is 2.22. The molecular formula is C21H33N3O2. The smallest absolute Gasteiger partial charge is 0.137 e. The Balaban J connectivity index is 3.03. The molecule has 1 aromatic heterocycles. The zero-order valence-electron chi connectivity index (χ0n) is 16.4. The van der Waals surface area contributed by atoms with E-state index in [1.54, 1.807) is 6.20 Å². The number of aliphatic hydroxyl groups excluding tert-OH is 1. The van der Waals surface area contributed by atoms with E-state index in [9.17, 15) is 5.11 Å². The maximum Gasteiger partial charge on any atom is 0.137 e. The van der Waals surface area contributed by atoms with Crippen LogP contribution < -0.4 is 5.73 Å². The topological polar surface area (TPSA) is 80.7 Å². The number of aliphatic imine (C=N–C) groups is 1. The van der Waals surface area contributed by atoms with Gasteiger partial charge in [-0.05, 0) is 43.9 Å². The molecule has 0 spiro atoms. The fourth-order valence-corrected chi connectivity index (χ4v) is 2.90. The molecule has 5 heteroatoms. The fourth-order valence-electron chi connectivity index (χ4n) is 2.90. The van der Waals surface area contributed by atoms with E-state index < -0.39 is 0 Å². The number of aromatic nitrogens is 1. The Morgan fingerprint density at radius 3 is 2.77 bits per heavy atom. The number of rotatable bonds is 12. The van der Waals surface area contributed by atoms with Gasteiger partial charge in [0.2, 0.25) is 0 Å². The molecule has 0 amide bonds. The predicted molar refractivity (Wildman–Crippen MR) is 108 cm³/mol. The van der Waals surface area contributed by atoms with Gasteiger partial charge in [-0.3, -0.25) is 4.98 Å². The lowest BCUT2D eigenvalue weighted by Crippen LogP contribution is -2.21. The van der Waals surface area contributed by atoms with E-state index in [0.717, 1.165) is 37.1 Å². The molecule has 1 rings (SSSR count). The molecule has 1 atom stereocenters. The molecular weight excluding hydrogens is 326 g/mol. The molecule has 26 heavy (non-hydrogen) atoms. The molecule has 1 heterocycles. The summed E-state index contributed by atoms with van der Waals surface area (Å²) < 4.78 is 6.08. The minimum atomic E-state index is 0.0841. The molecule has 0 fully saturated rings. The molecule has 1 aromatic rings. The first-order valence-electron chi connectivity index (χ1n) is 9.43. The van der Waals surface area contributed by atoms with Crippen LogP contribution in [-0.4, -0.2) is 22.4 Å². The maximum absolute atomic E-state index is 9.47. The normalized spacial score (nSPS) is 13.5. The molecule has 0 saturated carbocycles. The molecule has 5 nitrogen and oxygen atoms in total. The zero-order valence-corrected chi connectivity index (χ0v) is 16.4. The first-order chi connectivity index (χ1) is 12.6. The van der Waals surface area contributed by atoms with Crippen LogP contribution in [0.5, 0.6) is 0 Å². The Hall–Kier alpha value is -2.14. The highest BCUT2D eigenvalue weighted by Gasteiger charge is 2.21. The molecule has 0 aliphatic heterocycles. The van der Waals surface area contributed by atoms with Crippen molar-refractivity contribution in [2.45, 2.75) is 59.5 Å². The standard InChI is InChI=1S/C21H33N3O2/c1-5-8-10-18(12-14-25)21(24-16(4)22)20(7-3)26-15-19-17(6-2)11-9-13-23-19/h7,9,11,13,18,25H,4-6,8,10,12,14-15,22H2,1-3H3/b20-7+,24-21?. The van der Waals surface area contributed by atoms with Crippen molar-refractivity contribution >= 4 is 5.71 Å². The van der Waals surface area contributed by atoms with Crippen molar-refractivity contribution in [3.05, 3.63) is 53.8 Å². The number of nitrogens with zero attached hydrogens (tertiary/aromatic N) is 2. The van der Waals surface area contributed by atoms with Gasteiger partial charge in [0.05, 0.1) is 11.4 Å². The molecule has 0 aromatic carbocycles. The largest absolute Gasteiger partial charge is 0.486 e. The minimum Gasteiger partial charge on any atom is -0.486 e. The van der Waals surface area contributed by atoms with Crippen LogP contribution in [0.25, 0.3) is 0 Å². The van der Waals surface area contributed by atoms with Crippen molar-refractivity contribution in [1.82, 2.24) is 4.98 Å². The lowest BCUT2D eigenvalue weighted by molar-refractivity contribution is 0.207. The summed E-state index contributed by atoms with van der Waals surface area (Å²) in [6, 6.07) is 4.00. The Morgan fingerprint density at radius 1 is 1.42 bits per heavy atom. The number of nitrogens with two attached hydrogens (primary N) is 1. The quantitative estimate of drug-likeness (QED) is 0.434. The van der Waals surface area contributed by atoms with Crippen LogP contribution in [0.2, 0.25) is 0 Å². The van der Waals surface area contributed by atoms with Crippen LogP contribution in [0.3, 0.4) is 0 Å². The Morgan fingerprint density at radius 2 is 2.19 bits per heavy atom. The molecule has 0 saturated heterocycles. The number of hydrogen-bond acceptors (Lipinski definition) is 5. The molecule has 1 unspecified atom stereocenters. The van der Waals surface area contributed by atoms with E-state index in [2.05, 4.69) is 36.5 Å². The van der Waals surface area contributed by atoms with E-state index in [1.165, 1.54) is 5.56 Å². The number of allylic oxidation sites excluding steroid dienone is 2. The van der Waals surface area contributed by atoms with Gasteiger partial charge < -0.3 is 15.6 Å². The van der Waals surface area contributed by atoms with Crippen molar-refractivity contribution in [2.24, 2.45) is 16.6 Å². The highest BCUT2D eigenvalue weighted by atomic mass is 16.5. The van der Waals surface area contributed by atoms with Gasteiger partial charge in [-0.1, -0.05) is 39.3 Å². The average molecular weight is 360 g/mol. The van der Waals surface area contributed by atoms with E-state index in [-0.39, 0.29) is 18.3 Å². The fraction of sp³-hybridized carbons (Fsp3) is 0.524. The number of aliphatic hydroxyl groups is 1. The second kappa shape index (κ2) is 12.3. The second-order valence-corrected chi connectivity index (χ2v) is 6.24. The van der Waals surface area contributed by atoms with Crippen LogP contribution in [0.1, 0.15) is 57.7 Å². The van der Waals surface area contributed by atoms with E-state index >= 15 is 0 Å². The summed E-state index contributed by atoms with van der Waals surface area (Å²) in [6.07, 6.45) is 8.26. The molecule has 3 N–H and O–H groups in total. The summed E-state index contributed by atoms with van der Waals surface area (Å²) >= 11 is 0. The third-order valence-electron chi connectivity index (χ3n) is 4.28. The van der Waals surface area contributed by atoms with Crippen molar-refractivity contribution in [3.8, 4) is 0 Å². The maximum atomic E-state index is 9.47. The lowest BCUT2D eigenvalue weighted by atomic mass is 9.92. The van der Waals surface area contributed by atoms with E-state index in [1.807, 2.05) is 19.1 Å². The molecule has 0 radical (unpaired) electrons. The summed E-state index contributed by atoms with van der Waals surface area (Å²) in [4.78, 5) is 8.88. The summed E-state index contributed by atoms with van der Waals surface area (Å²) in [6.45, 7) is 10.4. The number of ether oxygens (including phenoxy) is 1. The summed E-state index contributed by atoms with van der Waals surface area (Å²) in [7, 11) is 0. The van der Waals surface area contributed by atoms with Crippen molar-refractivity contribution in [3.63, 3.8) is 0 Å². The highest BCUT2D eigenvalue weighted by molar-refractivity contribution is 6.00. The Kier molecular flexibility index (Phi) is 10.3. The van der Waals surface area contributed by atoms with Crippen molar-refractivity contribution < 1.29 is 9.84 Å². The van der Waals surface area contributed by atoms with Crippen molar-refractivity contribution in [1.29, 1.82) is 0 Å². The van der Waals surface area contributed by atoms with Gasteiger partial charge in [0.1, 0.15) is 18.2 Å². The minimum absolute atomic E-state index is 0.0841. The monoisotopic (exact) mass is 359 g/mol. The van der Waals surface area contributed by atoms with Gasteiger partial charge >= 0.3 is 0 Å². The second-order valence-electron chi connectivity index (χ2n) is 6.24. The molecule has 0 bridgehead atoms. The third kappa shape index (κ3) is 7.00. The Labute approximate surface area is 157 Å². The number of aryl methyl sites for hydroxylation is 1. The number of pyridine rings is 1. The zero-order chi connectivity index (χ0) is 19.4. The summed E-state index contributed by atoms with van der Waals surface area (Å²) in [5.41, 5.74) is 8.62. The van der Waals surface area contributed by atoms with Crippen LogP contribution in [0.15, 0.2) is 47.6 Å². The van der Waals surface area contributed by atoms with Gasteiger partial charge in [0.15, 0.2) is 0 Å². The van der Waals surface area contributed by atoms with Gasteiger partial charge in [0, 0.05) is 18.7 Å². The van der Waals surface area contributed by atoms with Crippen LogP contribution in [-0.2, 0) is 17.8 Å². The SMILES string of the molecule is C=C(N)N=C(/C(=C\C)OCc1ncccc1CC)C(CCO)CCCC. The number of hydrogen-bond donors (Lipinski definition) is 2. The summed E-state index contributed by atoms with van der Waals surface area (Å²) in [5.74, 6) is 1.01. The van der Waals surface area contributed by atoms with E-state index in [4.69, 9.17) is 10.5 Å². The Bertz CT molecular complexity index is 623. The van der Waals surface area contributed by atoms with E-state index in [0.29, 0.717) is 18.8 Å². The first kappa shape index (κ1) is 21.9. The van der Waals surface area contributed by atoms with Crippen LogP contribution >= 0.6 is 0 Å².